The van der Waals surface area contributed by atoms with Crippen LogP contribution < -0.4 is 0 Å². The first-order valence-electron chi connectivity index (χ1n) is 9.85. The number of benzene rings is 2. The summed E-state index contributed by atoms with van der Waals surface area (Å²) in [5.74, 6) is -0.537. The molecule has 28 heavy (non-hydrogen) atoms. The molecule has 1 fully saturated rings. The third-order valence-corrected chi connectivity index (χ3v) is 5.13. The number of rotatable bonds is 5. The van der Waals surface area contributed by atoms with Gasteiger partial charge in [-0.1, -0.05) is 55.3 Å². The molecule has 0 atom stereocenters. The molecule has 0 spiro atoms. The Balaban J connectivity index is 1.72. The summed E-state index contributed by atoms with van der Waals surface area (Å²) in [6.45, 7) is 5.90. The van der Waals surface area contributed by atoms with E-state index in [0.717, 1.165) is 36.8 Å². The lowest BCUT2D eigenvalue weighted by Crippen LogP contribution is -2.39. The summed E-state index contributed by atoms with van der Waals surface area (Å²) < 4.78 is 11.1. The molecular formula is C24H28O4. The molecule has 4 nitrogen and oxygen atoms in total. The van der Waals surface area contributed by atoms with Gasteiger partial charge >= 0.3 is 11.9 Å². The quantitative estimate of drug-likeness (QED) is 0.669. The Labute approximate surface area is 166 Å². The van der Waals surface area contributed by atoms with Crippen molar-refractivity contribution in [3.63, 3.8) is 0 Å². The van der Waals surface area contributed by atoms with Crippen molar-refractivity contribution in [3.8, 4) is 0 Å². The van der Waals surface area contributed by atoms with Crippen LogP contribution in [0.4, 0.5) is 0 Å². The summed E-state index contributed by atoms with van der Waals surface area (Å²) >= 11 is 0. The standard InChI is InChI=1S/C24H28O4/c1-23(2,3)28-22(26)24(15-7-8-16-24)20-13-11-19(12-14-20)21(25)27-17-18-9-5-4-6-10-18/h4-6,9-14H,7-8,15-17H2,1-3H3. The van der Waals surface area contributed by atoms with E-state index in [9.17, 15) is 9.59 Å². The molecule has 1 saturated carbocycles. The van der Waals surface area contributed by atoms with E-state index in [0.29, 0.717) is 5.56 Å². The fraction of sp³-hybridized carbons (Fsp3) is 0.417. The zero-order chi connectivity index (χ0) is 20.2. The van der Waals surface area contributed by atoms with Crippen molar-refractivity contribution in [2.45, 2.75) is 64.1 Å². The number of ether oxygens (including phenoxy) is 2. The highest BCUT2D eigenvalue weighted by molar-refractivity contribution is 5.90. The van der Waals surface area contributed by atoms with Crippen LogP contribution in [0.5, 0.6) is 0 Å². The van der Waals surface area contributed by atoms with Crippen LogP contribution >= 0.6 is 0 Å². The van der Waals surface area contributed by atoms with Gasteiger partial charge in [-0.05, 0) is 56.9 Å². The summed E-state index contributed by atoms with van der Waals surface area (Å²) in [5.41, 5.74) is 1.21. The maximum absolute atomic E-state index is 12.9. The third kappa shape index (κ3) is 4.61. The normalized spacial score (nSPS) is 15.8. The van der Waals surface area contributed by atoms with E-state index in [4.69, 9.17) is 9.47 Å². The summed E-state index contributed by atoms with van der Waals surface area (Å²) in [4.78, 5) is 25.3. The van der Waals surface area contributed by atoms with Crippen LogP contribution in [0.25, 0.3) is 0 Å². The number of carbonyl (C=O) groups excluding carboxylic acids is 2. The molecule has 0 N–H and O–H groups in total. The molecule has 0 unspecified atom stereocenters. The molecule has 0 bridgehead atoms. The molecule has 0 aromatic heterocycles. The number of hydrogen-bond donors (Lipinski definition) is 0. The van der Waals surface area contributed by atoms with Crippen molar-refractivity contribution in [1.29, 1.82) is 0 Å². The molecule has 0 radical (unpaired) electrons. The van der Waals surface area contributed by atoms with Crippen LogP contribution in [-0.2, 0) is 26.3 Å². The zero-order valence-corrected chi connectivity index (χ0v) is 16.9. The van der Waals surface area contributed by atoms with Gasteiger partial charge in [-0.25, -0.2) is 4.79 Å². The van der Waals surface area contributed by atoms with Gasteiger partial charge < -0.3 is 9.47 Å². The number of hydrogen-bond acceptors (Lipinski definition) is 4. The summed E-state index contributed by atoms with van der Waals surface area (Å²) in [5, 5.41) is 0. The van der Waals surface area contributed by atoms with Crippen molar-refractivity contribution in [2.24, 2.45) is 0 Å². The molecule has 1 aliphatic carbocycles. The second kappa shape index (κ2) is 8.17. The van der Waals surface area contributed by atoms with Crippen LogP contribution in [0.1, 0.15) is 67.9 Å². The molecule has 0 saturated heterocycles. The van der Waals surface area contributed by atoms with Crippen molar-refractivity contribution in [3.05, 3.63) is 71.3 Å². The lowest BCUT2D eigenvalue weighted by atomic mass is 9.78. The molecule has 0 heterocycles. The fourth-order valence-corrected chi connectivity index (χ4v) is 3.70. The van der Waals surface area contributed by atoms with Crippen molar-refractivity contribution < 1.29 is 19.1 Å². The SMILES string of the molecule is CC(C)(C)OC(=O)C1(c2ccc(C(=O)OCc3ccccc3)cc2)CCCC1. The highest BCUT2D eigenvalue weighted by Gasteiger charge is 2.45. The molecule has 0 aliphatic heterocycles. The minimum atomic E-state index is -0.611. The maximum atomic E-state index is 12.9. The molecule has 2 aromatic carbocycles. The Kier molecular flexibility index (Phi) is 5.87. The number of carbonyl (C=O) groups is 2. The Hall–Kier alpha value is -2.62. The predicted molar refractivity (Wildman–Crippen MR) is 108 cm³/mol. The van der Waals surface area contributed by atoms with Gasteiger partial charge in [0.1, 0.15) is 12.2 Å². The Bertz CT molecular complexity index is 810. The van der Waals surface area contributed by atoms with Crippen LogP contribution in [0.15, 0.2) is 54.6 Å². The zero-order valence-electron chi connectivity index (χ0n) is 16.9. The highest BCUT2D eigenvalue weighted by Crippen LogP contribution is 2.43. The summed E-state index contributed by atoms with van der Waals surface area (Å²) in [6, 6.07) is 16.8. The van der Waals surface area contributed by atoms with Crippen LogP contribution in [-0.4, -0.2) is 17.5 Å². The van der Waals surface area contributed by atoms with E-state index in [-0.39, 0.29) is 18.5 Å². The summed E-state index contributed by atoms with van der Waals surface area (Å²) in [7, 11) is 0. The van der Waals surface area contributed by atoms with Crippen molar-refractivity contribution in [2.75, 3.05) is 0 Å². The van der Waals surface area contributed by atoms with Gasteiger partial charge in [-0.3, -0.25) is 4.79 Å². The lowest BCUT2D eigenvalue weighted by Gasteiger charge is -2.31. The van der Waals surface area contributed by atoms with Crippen LogP contribution in [0.2, 0.25) is 0 Å². The minimum absolute atomic E-state index is 0.170. The lowest BCUT2D eigenvalue weighted by molar-refractivity contribution is -0.162. The van der Waals surface area contributed by atoms with Gasteiger partial charge in [0, 0.05) is 0 Å². The Morgan fingerprint density at radius 3 is 2.11 bits per heavy atom. The smallest absolute Gasteiger partial charge is 0.338 e. The van der Waals surface area contributed by atoms with Gasteiger partial charge in [0.2, 0.25) is 0 Å². The van der Waals surface area contributed by atoms with E-state index in [2.05, 4.69) is 0 Å². The molecule has 4 heteroatoms. The number of esters is 2. The second-order valence-electron chi connectivity index (χ2n) is 8.43. The molecule has 3 rings (SSSR count). The maximum Gasteiger partial charge on any atom is 0.338 e. The van der Waals surface area contributed by atoms with E-state index >= 15 is 0 Å². The first kappa shape index (κ1) is 20.1. The van der Waals surface area contributed by atoms with Gasteiger partial charge in [0.25, 0.3) is 0 Å². The molecule has 1 aliphatic rings. The molecule has 148 valence electrons. The Morgan fingerprint density at radius 2 is 1.54 bits per heavy atom. The van der Waals surface area contributed by atoms with Crippen molar-refractivity contribution in [1.82, 2.24) is 0 Å². The van der Waals surface area contributed by atoms with E-state index in [1.807, 2.05) is 63.2 Å². The molecule has 2 aromatic rings. The average molecular weight is 380 g/mol. The predicted octanol–water partition coefficient (Wildman–Crippen LogP) is 5.20. The van der Waals surface area contributed by atoms with Gasteiger partial charge in [0.15, 0.2) is 0 Å². The molecular weight excluding hydrogens is 352 g/mol. The van der Waals surface area contributed by atoms with Gasteiger partial charge in [-0.15, -0.1) is 0 Å². The Morgan fingerprint density at radius 1 is 0.929 bits per heavy atom. The van der Waals surface area contributed by atoms with E-state index in [1.54, 1.807) is 12.1 Å². The first-order chi connectivity index (χ1) is 13.3. The van der Waals surface area contributed by atoms with Crippen molar-refractivity contribution >= 4 is 11.9 Å². The third-order valence-electron chi connectivity index (χ3n) is 5.13. The summed E-state index contributed by atoms with van der Waals surface area (Å²) in [6.07, 6.45) is 3.56. The minimum Gasteiger partial charge on any atom is -0.459 e. The topological polar surface area (TPSA) is 52.6 Å². The first-order valence-corrected chi connectivity index (χ1v) is 9.85. The van der Waals surface area contributed by atoms with Crippen LogP contribution in [0, 0.1) is 0 Å². The second-order valence-corrected chi connectivity index (χ2v) is 8.43. The van der Waals surface area contributed by atoms with Gasteiger partial charge in [-0.2, -0.15) is 0 Å². The average Bonchev–Trinajstić information content (AvgIpc) is 3.17. The van der Waals surface area contributed by atoms with E-state index < -0.39 is 11.0 Å². The van der Waals surface area contributed by atoms with Gasteiger partial charge in [0.05, 0.1) is 11.0 Å². The van der Waals surface area contributed by atoms with E-state index in [1.165, 1.54) is 0 Å². The fourth-order valence-electron chi connectivity index (χ4n) is 3.70. The highest BCUT2D eigenvalue weighted by atomic mass is 16.6. The molecule has 0 amide bonds. The monoisotopic (exact) mass is 380 g/mol. The largest absolute Gasteiger partial charge is 0.459 e. The van der Waals surface area contributed by atoms with Crippen LogP contribution in [0.3, 0.4) is 0 Å².